The molecule has 0 unspecified atom stereocenters. The fourth-order valence-corrected chi connectivity index (χ4v) is 2.72. The van der Waals surface area contributed by atoms with Crippen molar-refractivity contribution in [3.63, 3.8) is 0 Å². The molecule has 5 nitrogen and oxygen atoms in total. The van der Waals surface area contributed by atoms with E-state index in [9.17, 15) is 14.0 Å². The molecule has 24 heavy (non-hydrogen) atoms. The molecule has 0 aliphatic carbocycles. The number of carbonyl (C=O) groups is 1. The fourth-order valence-electron chi connectivity index (χ4n) is 2.72. The van der Waals surface area contributed by atoms with Crippen LogP contribution in [0.4, 0.5) is 4.39 Å². The summed E-state index contributed by atoms with van der Waals surface area (Å²) in [5.74, 6) is -1.62. The van der Waals surface area contributed by atoms with Crippen molar-refractivity contribution in [1.29, 1.82) is 0 Å². The van der Waals surface area contributed by atoms with E-state index >= 15 is 0 Å². The molecule has 1 aromatic heterocycles. The van der Waals surface area contributed by atoms with Crippen LogP contribution in [0.25, 0.3) is 21.9 Å². The Kier molecular flexibility index (Phi) is 4.14. The van der Waals surface area contributed by atoms with Gasteiger partial charge in [-0.2, -0.15) is 0 Å². The molecule has 1 heterocycles. The van der Waals surface area contributed by atoms with Crippen molar-refractivity contribution < 1.29 is 19.4 Å². The third-order valence-electron chi connectivity index (χ3n) is 3.83. The van der Waals surface area contributed by atoms with Gasteiger partial charge in [-0.25, -0.2) is 9.18 Å². The van der Waals surface area contributed by atoms with Crippen LogP contribution in [0.5, 0.6) is 0 Å². The minimum absolute atomic E-state index is 0.118. The van der Waals surface area contributed by atoms with E-state index in [1.165, 1.54) is 18.2 Å². The number of benzene rings is 2. The zero-order chi connectivity index (χ0) is 17.3. The highest BCUT2D eigenvalue weighted by Gasteiger charge is 2.11. The van der Waals surface area contributed by atoms with Crippen LogP contribution in [0, 0.1) is 5.82 Å². The van der Waals surface area contributed by atoms with Crippen LogP contribution in [-0.4, -0.2) is 27.8 Å². The lowest BCUT2D eigenvalue weighted by molar-refractivity contribution is 0.0690. The number of hydrogen-bond donors (Lipinski definition) is 3. The third kappa shape index (κ3) is 2.91. The quantitative estimate of drug-likeness (QED) is 0.687. The molecule has 0 saturated carbocycles. The van der Waals surface area contributed by atoms with Gasteiger partial charge in [0.25, 0.3) is 5.56 Å². The summed E-state index contributed by atoms with van der Waals surface area (Å²) in [7, 11) is 0. The molecule has 0 saturated heterocycles. The van der Waals surface area contributed by atoms with Crippen molar-refractivity contribution in [1.82, 2.24) is 4.98 Å². The third-order valence-corrected chi connectivity index (χ3v) is 3.83. The molecule has 3 aromatic rings. The number of pyridine rings is 1. The summed E-state index contributed by atoms with van der Waals surface area (Å²) in [6, 6.07) is 10.7. The van der Waals surface area contributed by atoms with E-state index in [0.717, 1.165) is 5.56 Å². The first-order valence-electron chi connectivity index (χ1n) is 7.29. The number of rotatable bonds is 4. The van der Waals surface area contributed by atoms with Crippen LogP contribution >= 0.6 is 0 Å². The Labute approximate surface area is 136 Å². The number of hydrogen-bond acceptors (Lipinski definition) is 3. The van der Waals surface area contributed by atoms with Gasteiger partial charge < -0.3 is 15.2 Å². The van der Waals surface area contributed by atoms with Gasteiger partial charge in [-0.1, -0.05) is 12.1 Å². The van der Waals surface area contributed by atoms with Gasteiger partial charge >= 0.3 is 5.97 Å². The zero-order valence-corrected chi connectivity index (χ0v) is 12.5. The van der Waals surface area contributed by atoms with E-state index < -0.39 is 17.3 Å². The molecule has 0 aliphatic heterocycles. The highest BCUT2D eigenvalue weighted by molar-refractivity contribution is 5.93. The second kappa shape index (κ2) is 6.25. The van der Waals surface area contributed by atoms with E-state index in [1.54, 1.807) is 24.3 Å². The largest absolute Gasteiger partial charge is 0.477 e. The average Bonchev–Trinajstić information content (AvgIpc) is 2.54. The summed E-state index contributed by atoms with van der Waals surface area (Å²) in [6.07, 6.45) is 0.293. The predicted octanol–water partition coefficient (Wildman–Crippen LogP) is 2.57. The van der Waals surface area contributed by atoms with Crippen LogP contribution in [0.3, 0.4) is 0 Å². The van der Waals surface area contributed by atoms with Gasteiger partial charge in [0.1, 0.15) is 11.5 Å². The second-order valence-electron chi connectivity index (χ2n) is 5.39. The van der Waals surface area contributed by atoms with Crippen molar-refractivity contribution >= 4 is 16.7 Å². The Morgan fingerprint density at radius 1 is 1.12 bits per heavy atom. The maximum Gasteiger partial charge on any atom is 0.352 e. The normalized spacial score (nSPS) is 10.9. The number of nitrogens with one attached hydrogen (secondary N) is 1. The number of aromatic carboxylic acids is 1. The molecule has 0 fully saturated rings. The van der Waals surface area contributed by atoms with Crippen molar-refractivity contribution in [3.8, 4) is 11.1 Å². The molecule has 122 valence electrons. The smallest absolute Gasteiger partial charge is 0.352 e. The maximum absolute atomic E-state index is 13.4. The van der Waals surface area contributed by atoms with Gasteiger partial charge in [-0.3, -0.25) is 4.79 Å². The van der Waals surface area contributed by atoms with E-state index in [0.29, 0.717) is 28.3 Å². The summed E-state index contributed by atoms with van der Waals surface area (Å²) in [4.78, 5) is 25.4. The Balaban J connectivity index is 2.21. The minimum Gasteiger partial charge on any atom is -0.477 e. The number of aliphatic hydroxyl groups excluding tert-OH is 1. The van der Waals surface area contributed by atoms with Gasteiger partial charge in [-0.15, -0.1) is 0 Å². The Bertz CT molecular complexity index is 994. The van der Waals surface area contributed by atoms with Gasteiger partial charge in [-0.05, 0) is 58.8 Å². The molecule has 0 spiro atoms. The second-order valence-corrected chi connectivity index (χ2v) is 5.39. The predicted molar refractivity (Wildman–Crippen MR) is 87.7 cm³/mol. The number of aromatic amines is 1. The van der Waals surface area contributed by atoms with Crippen molar-refractivity contribution in [2.45, 2.75) is 6.42 Å². The molecule has 0 aliphatic rings. The van der Waals surface area contributed by atoms with Crippen LogP contribution in [-0.2, 0) is 6.42 Å². The minimum atomic E-state index is -1.22. The standard InChI is InChI=1S/C18H14FNO4/c19-13-2-4-14(11(8-13)5-6-21)10-1-3-15-12(7-10)9-16(18(23)24)20-17(15)22/h1-4,7-9,21H,5-6H2,(H,20,22)(H,23,24). The molecule has 3 N–H and O–H groups in total. The number of halogens is 1. The number of carboxylic acid groups (broad SMARTS) is 1. The Morgan fingerprint density at radius 2 is 1.92 bits per heavy atom. The lowest BCUT2D eigenvalue weighted by Gasteiger charge is -2.10. The first-order valence-corrected chi connectivity index (χ1v) is 7.29. The fraction of sp³-hybridized carbons (Fsp3) is 0.111. The molecular weight excluding hydrogens is 313 g/mol. The number of aromatic nitrogens is 1. The highest BCUT2D eigenvalue weighted by atomic mass is 19.1. The molecule has 0 atom stereocenters. The monoisotopic (exact) mass is 327 g/mol. The summed E-state index contributed by atoms with van der Waals surface area (Å²) in [5.41, 5.74) is 1.41. The number of H-pyrrole nitrogens is 1. The maximum atomic E-state index is 13.4. The molecular formula is C18H14FNO4. The number of aliphatic hydroxyl groups is 1. The molecule has 0 bridgehead atoms. The summed E-state index contributed by atoms with van der Waals surface area (Å²) < 4.78 is 13.4. The zero-order valence-electron chi connectivity index (χ0n) is 12.5. The van der Waals surface area contributed by atoms with Crippen LogP contribution in [0.1, 0.15) is 16.1 Å². The molecule has 2 aromatic carbocycles. The van der Waals surface area contributed by atoms with Gasteiger partial charge in [0, 0.05) is 12.0 Å². The van der Waals surface area contributed by atoms with E-state index in [4.69, 9.17) is 10.2 Å². The topological polar surface area (TPSA) is 90.4 Å². The molecule has 0 amide bonds. The number of fused-ring (bicyclic) bond motifs is 1. The molecule has 6 heteroatoms. The SMILES string of the molecule is O=C(O)c1cc2cc(-c3ccc(F)cc3CCO)ccc2c(=O)[nH]1. The van der Waals surface area contributed by atoms with Crippen molar-refractivity contribution in [3.05, 3.63) is 69.9 Å². The van der Waals surface area contributed by atoms with E-state index in [2.05, 4.69) is 4.98 Å². The molecule has 3 rings (SSSR count). The van der Waals surface area contributed by atoms with E-state index in [-0.39, 0.29) is 12.3 Å². The van der Waals surface area contributed by atoms with E-state index in [1.807, 2.05) is 0 Å². The van der Waals surface area contributed by atoms with Crippen LogP contribution in [0.2, 0.25) is 0 Å². The van der Waals surface area contributed by atoms with Crippen molar-refractivity contribution in [2.75, 3.05) is 6.61 Å². The summed E-state index contributed by atoms with van der Waals surface area (Å²) in [5, 5.41) is 19.1. The average molecular weight is 327 g/mol. The number of carboxylic acids is 1. The van der Waals surface area contributed by atoms with Crippen LogP contribution < -0.4 is 5.56 Å². The first-order chi connectivity index (χ1) is 11.5. The van der Waals surface area contributed by atoms with Gasteiger partial charge in [0.15, 0.2) is 0 Å². The Morgan fingerprint density at radius 3 is 2.62 bits per heavy atom. The van der Waals surface area contributed by atoms with Crippen molar-refractivity contribution in [2.24, 2.45) is 0 Å². The molecule has 0 radical (unpaired) electrons. The lowest BCUT2D eigenvalue weighted by atomic mass is 9.96. The van der Waals surface area contributed by atoms with Crippen LogP contribution in [0.15, 0.2) is 47.3 Å². The van der Waals surface area contributed by atoms with Gasteiger partial charge in [0.2, 0.25) is 0 Å². The first kappa shape index (κ1) is 15.9. The summed E-state index contributed by atoms with van der Waals surface area (Å²) in [6.45, 7) is -0.118. The highest BCUT2D eigenvalue weighted by Crippen LogP contribution is 2.27. The van der Waals surface area contributed by atoms with Gasteiger partial charge in [0.05, 0.1) is 0 Å². The Hall–Kier alpha value is -2.99. The summed E-state index contributed by atoms with van der Waals surface area (Å²) >= 11 is 0. The lowest BCUT2D eigenvalue weighted by Crippen LogP contribution is -2.12.